The number of amides is 3. The standard InChI is InChI=1S/C24H29ClN6O.C23H29N7O3.C21H24ClN7O2/c1-4-5-6-21(32)29(3)18-11-13-20(14-12-18)31-16(2)30(19-9-7-17(25)8-10-19)22-23(26)27-15-28-24(22)31;1-15-7-8-16(12-18(15)33-4)29-20-21(24)25-14-26-22(20)30(23(29)32)17-9-11-28(13-17)19(31)6-5-10-27(2)3;1-26(2)10-3-4-17(30)27-11-9-16(12-27)29-20-18(19(23)24-13-25-20)28(21(29)31)15-7-5-14(22)6-8-15/h5-10,15,18,20H,2,4,11-14H2,1,3H3,(H2,26,27,28);5-8,12,14,17H,9-11,13H2,1-4H3,(H2,24,25,26);3-8,13,16H,9-12H2,1-2H3,(H2,23,24,25)/b2*6-5+;4-3+. The van der Waals surface area contributed by atoms with Crippen molar-refractivity contribution in [2.75, 3.05) is 109 Å². The zero-order valence-electron chi connectivity index (χ0n) is 55.3. The summed E-state index contributed by atoms with van der Waals surface area (Å²) < 4.78 is 11.7. The van der Waals surface area contributed by atoms with E-state index >= 15 is 0 Å². The lowest BCUT2D eigenvalue weighted by atomic mass is 9.89. The summed E-state index contributed by atoms with van der Waals surface area (Å²) in [7, 11) is 11.3. The topological polar surface area (TPSA) is 292 Å². The van der Waals surface area contributed by atoms with Gasteiger partial charge in [0.15, 0.2) is 34.6 Å². The molecule has 5 aromatic heterocycles. The van der Waals surface area contributed by atoms with Gasteiger partial charge in [-0.15, -0.1) is 0 Å². The predicted molar refractivity (Wildman–Crippen MR) is 377 cm³/mol. The first-order valence-electron chi connectivity index (χ1n) is 31.8. The molecule has 0 radical (unpaired) electrons. The number of halogens is 2. The number of aromatic nitrogens is 10. The number of fused-ring (bicyclic) bond motifs is 3. The number of hydrogen-bond acceptors (Lipinski definition) is 19. The second-order valence-corrected chi connectivity index (χ2v) is 25.4. The second kappa shape index (κ2) is 30.2. The average Bonchev–Trinajstić information content (AvgIpc) is 1.61. The van der Waals surface area contributed by atoms with E-state index in [1.165, 1.54) is 28.1 Å². The first-order chi connectivity index (χ1) is 46.1. The van der Waals surface area contributed by atoms with Crippen molar-refractivity contribution in [3.05, 3.63) is 171 Å². The molecule has 3 fully saturated rings. The van der Waals surface area contributed by atoms with Crippen LogP contribution in [0.15, 0.2) is 144 Å². The normalized spacial score (nSPS) is 17.9. The number of benzene rings is 3. The highest BCUT2D eigenvalue weighted by molar-refractivity contribution is 6.31. The van der Waals surface area contributed by atoms with Crippen LogP contribution in [0.1, 0.15) is 69.5 Å². The number of allylic oxidation sites excluding steroid dienone is 1. The first-order valence-corrected chi connectivity index (χ1v) is 32.5. The van der Waals surface area contributed by atoms with E-state index in [0.717, 1.165) is 60.7 Å². The molecule has 28 heteroatoms. The number of aryl methyl sites for hydroxylation is 1. The van der Waals surface area contributed by atoms with Crippen LogP contribution in [-0.2, 0) is 14.4 Å². The van der Waals surface area contributed by atoms with Gasteiger partial charge in [0.05, 0.1) is 30.6 Å². The summed E-state index contributed by atoms with van der Waals surface area (Å²) in [5.41, 5.74) is 23.7. The molecule has 26 nitrogen and oxygen atoms in total. The summed E-state index contributed by atoms with van der Waals surface area (Å²) in [6.45, 7) is 11.7. The summed E-state index contributed by atoms with van der Waals surface area (Å²) in [5.74, 6) is 3.03. The lowest BCUT2D eigenvalue weighted by Gasteiger charge is -2.39. The van der Waals surface area contributed by atoms with Crippen LogP contribution in [0.3, 0.4) is 0 Å². The Kier molecular flexibility index (Phi) is 21.7. The minimum Gasteiger partial charge on any atom is -0.496 e. The van der Waals surface area contributed by atoms with Gasteiger partial charge >= 0.3 is 11.4 Å². The lowest BCUT2D eigenvalue weighted by molar-refractivity contribution is -0.127. The van der Waals surface area contributed by atoms with E-state index in [9.17, 15) is 24.0 Å². The molecule has 3 amide bonds. The van der Waals surface area contributed by atoms with Crippen molar-refractivity contribution < 1.29 is 19.1 Å². The third-order valence-electron chi connectivity index (χ3n) is 17.6. The number of imidazole rings is 2. The molecule has 3 aromatic carbocycles. The molecular weight excluding hydrogens is 1260 g/mol. The maximum Gasteiger partial charge on any atom is 0.335 e. The van der Waals surface area contributed by atoms with Crippen LogP contribution in [0.25, 0.3) is 33.7 Å². The van der Waals surface area contributed by atoms with Crippen molar-refractivity contribution >= 4 is 97.9 Å². The molecule has 2 saturated heterocycles. The number of nitrogens with two attached hydrogens (primary N) is 3. The van der Waals surface area contributed by atoms with Crippen LogP contribution in [0.4, 0.5) is 34.6 Å². The third-order valence-corrected chi connectivity index (χ3v) is 18.1. The molecule has 12 rings (SSSR count). The van der Waals surface area contributed by atoms with E-state index in [1.807, 2.05) is 123 Å². The number of ether oxygens (including phenoxy) is 1. The van der Waals surface area contributed by atoms with Gasteiger partial charge in [0.25, 0.3) is 0 Å². The fourth-order valence-electron chi connectivity index (χ4n) is 12.7. The number of carbonyl (C=O) groups excluding carboxylic acids is 3. The van der Waals surface area contributed by atoms with Crippen LogP contribution in [0.5, 0.6) is 5.75 Å². The zero-order chi connectivity index (χ0) is 68.6. The van der Waals surface area contributed by atoms with Gasteiger partial charge in [0, 0.05) is 92.4 Å². The number of likely N-dealkylation sites (tertiary alicyclic amines) is 2. The fourth-order valence-corrected chi connectivity index (χ4v) is 12.9. The Bertz CT molecular complexity index is 4380. The van der Waals surface area contributed by atoms with Gasteiger partial charge in [-0.3, -0.25) is 37.6 Å². The monoisotopic (exact) mass is 1340 g/mol. The highest BCUT2D eigenvalue weighted by atomic mass is 35.5. The molecule has 3 aliphatic heterocycles. The Morgan fingerprint density at radius 3 is 1.59 bits per heavy atom. The Labute approximate surface area is 566 Å². The third kappa shape index (κ3) is 14.7. The summed E-state index contributed by atoms with van der Waals surface area (Å²) in [4.78, 5) is 104. The molecule has 0 bridgehead atoms. The summed E-state index contributed by atoms with van der Waals surface area (Å²) in [5, 5.41) is 1.23. The van der Waals surface area contributed by atoms with E-state index in [4.69, 9.17) is 45.1 Å². The Hall–Kier alpha value is -9.89. The molecule has 0 spiro atoms. The zero-order valence-corrected chi connectivity index (χ0v) is 56.8. The number of nitrogens with zero attached hydrogens (tertiary/aromatic N) is 17. The van der Waals surface area contributed by atoms with Crippen LogP contribution < -0.4 is 43.1 Å². The minimum absolute atomic E-state index is 0.0615. The van der Waals surface area contributed by atoms with E-state index < -0.39 is 0 Å². The van der Waals surface area contributed by atoms with E-state index in [-0.39, 0.29) is 64.9 Å². The molecule has 2 atom stereocenters. The molecule has 4 aliphatic rings. The predicted octanol–water partition coefficient (Wildman–Crippen LogP) is 7.96. The van der Waals surface area contributed by atoms with Gasteiger partial charge in [-0.2, -0.15) is 0 Å². The van der Waals surface area contributed by atoms with Crippen LogP contribution >= 0.6 is 23.2 Å². The number of anilines is 6. The van der Waals surface area contributed by atoms with Gasteiger partial charge in [0.2, 0.25) is 17.7 Å². The number of hydrogen-bond donors (Lipinski definition) is 3. The van der Waals surface area contributed by atoms with Crippen molar-refractivity contribution in [2.45, 2.75) is 83.0 Å². The number of carbonyl (C=O) groups is 3. The van der Waals surface area contributed by atoms with Gasteiger partial charge in [-0.1, -0.05) is 61.0 Å². The maximum absolute atomic E-state index is 13.7. The Morgan fingerprint density at radius 2 is 1.09 bits per heavy atom. The number of methoxy groups -OCH3 is 1. The average molecular weight is 1350 g/mol. The van der Waals surface area contributed by atoms with Crippen LogP contribution in [0.2, 0.25) is 10.0 Å². The molecule has 6 N–H and O–H groups in total. The van der Waals surface area contributed by atoms with Crippen LogP contribution in [0, 0.1) is 6.92 Å². The highest BCUT2D eigenvalue weighted by Gasteiger charge is 2.41. The highest BCUT2D eigenvalue weighted by Crippen LogP contribution is 2.49. The van der Waals surface area contributed by atoms with Gasteiger partial charge < -0.3 is 51.3 Å². The molecule has 1 saturated carbocycles. The quantitative estimate of drug-likeness (QED) is 0.0773. The van der Waals surface area contributed by atoms with E-state index in [0.29, 0.717) is 107 Å². The fraction of sp³-hybridized carbons (Fsp3) is 0.368. The molecule has 8 aromatic rings. The smallest absolute Gasteiger partial charge is 0.335 e. The lowest BCUT2D eigenvalue weighted by Crippen LogP contribution is -2.44. The van der Waals surface area contributed by atoms with Crippen molar-refractivity contribution in [2.24, 2.45) is 0 Å². The van der Waals surface area contributed by atoms with Crippen molar-refractivity contribution in [1.82, 2.24) is 72.7 Å². The molecule has 1 aliphatic carbocycles. The molecule has 8 heterocycles. The van der Waals surface area contributed by atoms with Crippen molar-refractivity contribution in [3.8, 4) is 17.1 Å². The minimum atomic E-state index is -0.273. The van der Waals surface area contributed by atoms with Crippen molar-refractivity contribution in [1.29, 1.82) is 0 Å². The molecule has 2 unspecified atom stereocenters. The Balaban J connectivity index is 0.000000157. The Morgan fingerprint density at radius 1 is 0.615 bits per heavy atom. The van der Waals surface area contributed by atoms with Crippen molar-refractivity contribution in [3.63, 3.8) is 0 Å². The van der Waals surface area contributed by atoms with E-state index in [1.54, 1.807) is 74.6 Å². The summed E-state index contributed by atoms with van der Waals surface area (Å²) in [6.07, 6.45) is 20.5. The molecular formula is C68H82Cl2N20O6. The SMILES string of the molecule is C=C1N(c2ccc(Cl)cc2)c2c(N)ncnc2N1C1CCC(N(C)C(=O)/C=C/CC)CC1.CN(C)C/C=C/C(=O)N1CCC(n2c(=O)n(-c3ccc(Cl)cc3)c3c(N)ncnc32)C1.COc1cc(-n2c(=O)n(C3CCN(C(=O)/C=C/CN(C)C)C3)c3ncnc(N)c32)ccc1C. The van der Waals surface area contributed by atoms with Gasteiger partial charge in [0.1, 0.15) is 47.3 Å². The largest absolute Gasteiger partial charge is 0.496 e. The first kappa shape index (κ1) is 69.0. The van der Waals surface area contributed by atoms with E-state index in [2.05, 4.69) is 41.4 Å². The summed E-state index contributed by atoms with van der Waals surface area (Å²) >= 11 is 12.1. The number of likely N-dealkylation sites (N-methyl/N-ethyl adjacent to an activating group) is 3. The molecule has 504 valence electrons. The maximum atomic E-state index is 13.7. The number of nitrogen functional groups attached to an aromatic ring is 3. The summed E-state index contributed by atoms with van der Waals surface area (Å²) in [6, 6.07) is 20.1. The molecule has 96 heavy (non-hydrogen) atoms. The van der Waals surface area contributed by atoms with Gasteiger partial charge in [-0.05, 0) is 146 Å². The second-order valence-electron chi connectivity index (χ2n) is 24.5. The number of rotatable bonds is 16. The van der Waals surface area contributed by atoms with Gasteiger partial charge in [-0.25, -0.2) is 39.5 Å². The van der Waals surface area contributed by atoms with Crippen LogP contribution in [-0.4, -0.2) is 184 Å².